The highest BCUT2D eigenvalue weighted by molar-refractivity contribution is 6.30. The molecule has 0 N–H and O–H groups in total. The van der Waals surface area contributed by atoms with Gasteiger partial charge in [0.1, 0.15) is 0 Å². The molecule has 3 heteroatoms. The molecule has 20 heavy (non-hydrogen) atoms. The second-order valence-corrected chi connectivity index (χ2v) is 5.45. The van der Waals surface area contributed by atoms with Crippen LogP contribution < -0.4 is 4.90 Å². The van der Waals surface area contributed by atoms with Gasteiger partial charge in [0.25, 0.3) is 0 Å². The Morgan fingerprint density at radius 1 is 1.15 bits per heavy atom. The lowest BCUT2D eigenvalue weighted by Crippen LogP contribution is -2.22. The highest BCUT2D eigenvalue weighted by atomic mass is 35.5. The van der Waals surface area contributed by atoms with E-state index in [1.807, 2.05) is 56.4 Å². The molecule has 1 atom stereocenters. The molecule has 2 rings (SSSR count). The van der Waals surface area contributed by atoms with Gasteiger partial charge in [-0.1, -0.05) is 35.4 Å². The maximum absolute atomic E-state index is 11.2. The molecular weight excluding hydrogens is 270 g/mol. The van der Waals surface area contributed by atoms with E-state index in [4.69, 9.17) is 11.6 Å². The first-order chi connectivity index (χ1) is 9.52. The molecule has 0 aliphatic heterocycles. The average Bonchev–Trinajstić information content (AvgIpc) is 2.46. The van der Waals surface area contributed by atoms with Crippen LogP contribution in [0, 0.1) is 6.92 Å². The fraction of sp³-hybridized carbons (Fsp3) is 0.235. The molecule has 104 valence electrons. The van der Waals surface area contributed by atoms with Crippen LogP contribution in [-0.4, -0.2) is 13.3 Å². The molecule has 0 heterocycles. The number of carbonyl (C=O) groups is 1. The monoisotopic (exact) mass is 287 g/mol. The molecule has 0 radical (unpaired) electrons. The third-order valence-corrected chi connectivity index (χ3v) is 3.88. The number of benzene rings is 2. The Bertz CT molecular complexity index is 607. The number of hydrogen-bond acceptors (Lipinski definition) is 2. The van der Waals surface area contributed by atoms with Crippen molar-refractivity contribution < 1.29 is 4.79 Å². The second kappa shape index (κ2) is 6.10. The number of nitrogens with zero attached hydrogens (tertiary/aromatic N) is 1. The molecule has 0 fully saturated rings. The second-order valence-electron chi connectivity index (χ2n) is 5.02. The van der Waals surface area contributed by atoms with Gasteiger partial charge in [0.2, 0.25) is 0 Å². The third kappa shape index (κ3) is 3.02. The zero-order chi connectivity index (χ0) is 14.7. The first-order valence-corrected chi connectivity index (χ1v) is 6.95. The SMILES string of the molecule is Cc1ccc(N(C)C(C)c2ccc(Cl)cc2)c(C=O)c1. The van der Waals surface area contributed by atoms with Crippen LogP contribution in [0.1, 0.15) is 34.5 Å². The van der Waals surface area contributed by atoms with Gasteiger partial charge in [0.15, 0.2) is 6.29 Å². The minimum absolute atomic E-state index is 0.161. The predicted molar refractivity (Wildman–Crippen MR) is 84.8 cm³/mol. The quantitative estimate of drug-likeness (QED) is 0.762. The summed E-state index contributed by atoms with van der Waals surface area (Å²) in [6.45, 7) is 4.09. The normalized spacial score (nSPS) is 12.0. The van der Waals surface area contributed by atoms with Crippen molar-refractivity contribution in [3.8, 4) is 0 Å². The Hall–Kier alpha value is -1.80. The van der Waals surface area contributed by atoms with Crippen molar-refractivity contribution in [3.63, 3.8) is 0 Å². The molecular formula is C17H18ClNO. The van der Waals surface area contributed by atoms with Crippen LogP contribution in [0.2, 0.25) is 5.02 Å². The predicted octanol–water partition coefficient (Wildman–Crippen LogP) is 4.66. The van der Waals surface area contributed by atoms with Crippen LogP contribution in [0.5, 0.6) is 0 Å². The smallest absolute Gasteiger partial charge is 0.152 e. The van der Waals surface area contributed by atoms with Gasteiger partial charge in [-0.05, 0) is 43.7 Å². The third-order valence-electron chi connectivity index (χ3n) is 3.62. The van der Waals surface area contributed by atoms with E-state index in [-0.39, 0.29) is 6.04 Å². The number of aryl methyl sites for hydroxylation is 1. The number of halogens is 1. The topological polar surface area (TPSA) is 20.3 Å². The van der Waals surface area contributed by atoms with Crippen LogP contribution in [0.15, 0.2) is 42.5 Å². The first kappa shape index (κ1) is 14.6. The molecule has 2 aromatic carbocycles. The van der Waals surface area contributed by atoms with Crippen molar-refractivity contribution in [3.05, 3.63) is 64.2 Å². The Morgan fingerprint density at radius 2 is 1.80 bits per heavy atom. The first-order valence-electron chi connectivity index (χ1n) is 6.57. The van der Waals surface area contributed by atoms with E-state index in [1.54, 1.807) is 0 Å². The molecule has 0 amide bonds. The maximum atomic E-state index is 11.2. The number of anilines is 1. The summed E-state index contributed by atoms with van der Waals surface area (Å²) in [5.74, 6) is 0. The Balaban J connectivity index is 2.33. The van der Waals surface area contributed by atoms with Crippen molar-refractivity contribution in [2.45, 2.75) is 19.9 Å². The molecule has 0 bridgehead atoms. The molecule has 0 aliphatic rings. The van der Waals surface area contributed by atoms with Crippen LogP contribution >= 0.6 is 11.6 Å². The van der Waals surface area contributed by atoms with E-state index in [2.05, 4.69) is 11.8 Å². The molecule has 2 aromatic rings. The summed E-state index contributed by atoms with van der Waals surface area (Å²) in [7, 11) is 2.00. The Morgan fingerprint density at radius 3 is 2.40 bits per heavy atom. The lowest BCUT2D eigenvalue weighted by Gasteiger charge is -2.28. The van der Waals surface area contributed by atoms with Gasteiger partial charge < -0.3 is 4.90 Å². The highest BCUT2D eigenvalue weighted by Crippen LogP contribution is 2.28. The van der Waals surface area contributed by atoms with Crippen LogP contribution in [0.25, 0.3) is 0 Å². The van der Waals surface area contributed by atoms with Gasteiger partial charge in [-0.3, -0.25) is 4.79 Å². The van der Waals surface area contributed by atoms with Crippen LogP contribution in [-0.2, 0) is 0 Å². The van der Waals surface area contributed by atoms with Crippen molar-refractivity contribution in [1.82, 2.24) is 0 Å². The van der Waals surface area contributed by atoms with Gasteiger partial charge >= 0.3 is 0 Å². The standard InChI is InChI=1S/C17H18ClNO/c1-12-4-9-17(15(10-12)11-20)19(3)13(2)14-5-7-16(18)8-6-14/h4-11,13H,1-3H3. The number of carbonyl (C=O) groups excluding carboxylic acids is 1. The minimum atomic E-state index is 0.161. The summed E-state index contributed by atoms with van der Waals surface area (Å²) in [6, 6.07) is 13.9. The van der Waals surface area contributed by atoms with Crippen molar-refractivity contribution in [2.24, 2.45) is 0 Å². The van der Waals surface area contributed by atoms with E-state index >= 15 is 0 Å². The van der Waals surface area contributed by atoms with Crippen molar-refractivity contribution in [1.29, 1.82) is 0 Å². The summed E-state index contributed by atoms with van der Waals surface area (Å²) in [4.78, 5) is 13.3. The van der Waals surface area contributed by atoms with Gasteiger partial charge in [0, 0.05) is 23.3 Å². The largest absolute Gasteiger partial charge is 0.367 e. The summed E-state index contributed by atoms with van der Waals surface area (Å²) < 4.78 is 0. The molecule has 0 aromatic heterocycles. The van der Waals surface area contributed by atoms with Gasteiger partial charge in [0.05, 0.1) is 6.04 Å². The van der Waals surface area contributed by atoms with E-state index in [0.29, 0.717) is 5.56 Å². The summed E-state index contributed by atoms with van der Waals surface area (Å²) in [5.41, 5.74) is 3.90. The van der Waals surface area contributed by atoms with E-state index in [0.717, 1.165) is 28.1 Å². The van der Waals surface area contributed by atoms with Crippen LogP contribution in [0.3, 0.4) is 0 Å². The molecule has 0 saturated heterocycles. The Labute approximate surface area is 125 Å². The molecule has 2 nitrogen and oxygen atoms in total. The molecule has 0 aliphatic carbocycles. The van der Waals surface area contributed by atoms with Gasteiger partial charge in [-0.2, -0.15) is 0 Å². The number of rotatable bonds is 4. The van der Waals surface area contributed by atoms with Crippen LogP contribution in [0.4, 0.5) is 5.69 Å². The van der Waals surface area contributed by atoms with E-state index < -0.39 is 0 Å². The fourth-order valence-electron chi connectivity index (χ4n) is 2.26. The molecule has 0 spiro atoms. The molecule has 1 unspecified atom stereocenters. The zero-order valence-corrected chi connectivity index (χ0v) is 12.7. The highest BCUT2D eigenvalue weighted by Gasteiger charge is 2.15. The van der Waals surface area contributed by atoms with Crippen molar-refractivity contribution in [2.75, 3.05) is 11.9 Å². The summed E-state index contributed by atoms with van der Waals surface area (Å²) in [5, 5.41) is 0.729. The lowest BCUT2D eigenvalue weighted by atomic mass is 10.0. The number of hydrogen-bond donors (Lipinski definition) is 0. The van der Waals surface area contributed by atoms with E-state index in [1.165, 1.54) is 0 Å². The lowest BCUT2D eigenvalue weighted by molar-refractivity contribution is 0.112. The summed E-state index contributed by atoms with van der Waals surface area (Å²) in [6.07, 6.45) is 0.910. The average molecular weight is 288 g/mol. The maximum Gasteiger partial charge on any atom is 0.152 e. The number of aldehydes is 1. The van der Waals surface area contributed by atoms with Gasteiger partial charge in [-0.25, -0.2) is 0 Å². The fourth-order valence-corrected chi connectivity index (χ4v) is 2.39. The Kier molecular flexibility index (Phi) is 4.46. The zero-order valence-electron chi connectivity index (χ0n) is 11.9. The summed E-state index contributed by atoms with van der Waals surface area (Å²) >= 11 is 5.92. The van der Waals surface area contributed by atoms with E-state index in [9.17, 15) is 4.79 Å². The van der Waals surface area contributed by atoms with Crippen molar-refractivity contribution >= 4 is 23.6 Å². The van der Waals surface area contributed by atoms with Gasteiger partial charge in [-0.15, -0.1) is 0 Å². The molecule has 0 saturated carbocycles. The minimum Gasteiger partial charge on any atom is -0.367 e.